The van der Waals surface area contributed by atoms with Gasteiger partial charge in [0.15, 0.2) is 0 Å². The highest BCUT2D eigenvalue weighted by molar-refractivity contribution is 5.33. The third-order valence-corrected chi connectivity index (χ3v) is 3.53. The van der Waals surface area contributed by atoms with Crippen LogP contribution < -0.4 is 5.73 Å². The lowest BCUT2D eigenvalue weighted by Crippen LogP contribution is -2.20. The van der Waals surface area contributed by atoms with Crippen LogP contribution in [0.15, 0.2) is 18.2 Å². The minimum Gasteiger partial charge on any atom is -0.330 e. The largest absolute Gasteiger partial charge is 0.330 e. The van der Waals surface area contributed by atoms with Crippen molar-refractivity contribution in [3.63, 3.8) is 0 Å². The van der Waals surface area contributed by atoms with Gasteiger partial charge in [-0.15, -0.1) is 0 Å². The summed E-state index contributed by atoms with van der Waals surface area (Å²) in [7, 11) is 0. The molecule has 0 bridgehead atoms. The van der Waals surface area contributed by atoms with Crippen molar-refractivity contribution >= 4 is 0 Å². The van der Waals surface area contributed by atoms with Crippen molar-refractivity contribution in [2.24, 2.45) is 11.1 Å². The summed E-state index contributed by atoms with van der Waals surface area (Å²) in [6.45, 7) is 12.1. The summed E-state index contributed by atoms with van der Waals surface area (Å²) in [5, 5.41) is 0. The highest BCUT2D eigenvalue weighted by atomic mass is 14.5. The van der Waals surface area contributed by atoms with Gasteiger partial charge < -0.3 is 5.73 Å². The topological polar surface area (TPSA) is 26.0 Å². The molecule has 0 unspecified atom stereocenters. The van der Waals surface area contributed by atoms with E-state index in [4.69, 9.17) is 5.73 Å². The minimum atomic E-state index is 0.301. The summed E-state index contributed by atoms with van der Waals surface area (Å²) in [5.74, 6) is 0.604. The number of benzene rings is 1. The molecule has 96 valence electrons. The molecule has 0 radical (unpaired) electrons. The predicted octanol–water partition coefficient (Wildman–Crippen LogP) is 4.04. The van der Waals surface area contributed by atoms with Crippen LogP contribution in [0, 0.1) is 12.3 Å². The molecule has 0 fully saturated rings. The average Bonchev–Trinajstić information content (AvgIpc) is 2.20. The van der Waals surface area contributed by atoms with Crippen molar-refractivity contribution in [2.45, 2.75) is 53.4 Å². The second-order valence-electron chi connectivity index (χ2n) is 6.22. The first kappa shape index (κ1) is 14.2. The second-order valence-corrected chi connectivity index (χ2v) is 6.22. The molecule has 0 heterocycles. The number of rotatable bonds is 5. The van der Waals surface area contributed by atoms with Gasteiger partial charge in [-0.1, -0.05) is 45.9 Å². The molecule has 1 heteroatoms. The van der Waals surface area contributed by atoms with Crippen molar-refractivity contribution in [1.82, 2.24) is 0 Å². The molecule has 0 amide bonds. The molecule has 1 nitrogen and oxygen atoms in total. The Labute approximate surface area is 106 Å². The molecule has 0 aliphatic carbocycles. The van der Waals surface area contributed by atoms with Crippen LogP contribution in [-0.4, -0.2) is 6.54 Å². The van der Waals surface area contributed by atoms with Crippen LogP contribution in [0.3, 0.4) is 0 Å². The Bertz CT molecular complexity index is 364. The van der Waals surface area contributed by atoms with Gasteiger partial charge in [-0.25, -0.2) is 0 Å². The quantitative estimate of drug-likeness (QED) is 0.816. The SMILES string of the molecule is Cc1ccc(C(C)C)cc1CC(C)(C)CCN. The fourth-order valence-electron chi connectivity index (χ4n) is 2.24. The Kier molecular flexibility index (Phi) is 4.76. The molecule has 0 aromatic heterocycles. The van der Waals surface area contributed by atoms with Crippen LogP contribution in [0.4, 0.5) is 0 Å². The van der Waals surface area contributed by atoms with Crippen LogP contribution >= 0.6 is 0 Å². The fourth-order valence-corrected chi connectivity index (χ4v) is 2.24. The van der Waals surface area contributed by atoms with Crippen LogP contribution in [0.1, 0.15) is 56.7 Å². The van der Waals surface area contributed by atoms with Gasteiger partial charge in [-0.05, 0) is 54.3 Å². The highest BCUT2D eigenvalue weighted by Gasteiger charge is 2.18. The van der Waals surface area contributed by atoms with E-state index >= 15 is 0 Å². The maximum atomic E-state index is 5.68. The number of hydrogen-bond acceptors (Lipinski definition) is 1. The van der Waals surface area contributed by atoms with E-state index in [2.05, 4.69) is 52.8 Å². The zero-order valence-electron chi connectivity index (χ0n) is 12.0. The molecule has 2 N–H and O–H groups in total. The Balaban J connectivity index is 2.93. The Hall–Kier alpha value is -0.820. The summed E-state index contributed by atoms with van der Waals surface area (Å²) < 4.78 is 0. The summed E-state index contributed by atoms with van der Waals surface area (Å²) in [6.07, 6.45) is 2.20. The van der Waals surface area contributed by atoms with Crippen molar-refractivity contribution in [3.8, 4) is 0 Å². The van der Waals surface area contributed by atoms with Crippen LogP contribution in [0.5, 0.6) is 0 Å². The van der Waals surface area contributed by atoms with Gasteiger partial charge in [0.05, 0.1) is 0 Å². The first-order valence-corrected chi connectivity index (χ1v) is 6.65. The van der Waals surface area contributed by atoms with Crippen molar-refractivity contribution in [3.05, 3.63) is 34.9 Å². The number of hydrogen-bond donors (Lipinski definition) is 1. The van der Waals surface area contributed by atoms with Gasteiger partial charge in [0, 0.05) is 0 Å². The summed E-state index contributed by atoms with van der Waals surface area (Å²) in [5.41, 5.74) is 10.3. The Morgan fingerprint density at radius 1 is 1.24 bits per heavy atom. The molecule has 0 spiro atoms. The van der Waals surface area contributed by atoms with Crippen LogP contribution in [0.25, 0.3) is 0 Å². The summed E-state index contributed by atoms with van der Waals surface area (Å²) in [4.78, 5) is 0. The van der Waals surface area contributed by atoms with E-state index in [0.717, 1.165) is 19.4 Å². The van der Waals surface area contributed by atoms with E-state index in [1.165, 1.54) is 16.7 Å². The maximum Gasteiger partial charge on any atom is -0.00721 e. The summed E-state index contributed by atoms with van der Waals surface area (Å²) in [6, 6.07) is 6.88. The lowest BCUT2D eigenvalue weighted by Gasteiger charge is -2.25. The normalized spacial score (nSPS) is 12.2. The van der Waals surface area contributed by atoms with Gasteiger partial charge in [0.2, 0.25) is 0 Å². The van der Waals surface area contributed by atoms with Gasteiger partial charge in [-0.2, -0.15) is 0 Å². The van der Waals surface area contributed by atoms with Gasteiger partial charge >= 0.3 is 0 Å². The second kappa shape index (κ2) is 5.68. The zero-order valence-corrected chi connectivity index (χ0v) is 12.0. The molecule has 1 rings (SSSR count). The van der Waals surface area contributed by atoms with Gasteiger partial charge in [0.25, 0.3) is 0 Å². The molecular weight excluding hydrogens is 206 g/mol. The lowest BCUT2D eigenvalue weighted by molar-refractivity contribution is 0.338. The Morgan fingerprint density at radius 3 is 2.41 bits per heavy atom. The van der Waals surface area contributed by atoms with E-state index in [1.54, 1.807) is 0 Å². The predicted molar refractivity (Wildman–Crippen MR) is 76.4 cm³/mol. The smallest absolute Gasteiger partial charge is 0.00721 e. The number of nitrogens with two attached hydrogens (primary N) is 1. The first-order chi connectivity index (χ1) is 7.85. The van der Waals surface area contributed by atoms with E-state index in [-0.39, 0.29) is 0 Å². The standard InChI is InChI=1S/C16H27N/c1-12(2)14-7-6-13(3)15(10-14)11-16(4,5)8-9-17/h6-7,10,12H,8-9,11,17H2,1-5H3. The van der Waals surface area contributed by atoms with E-state index in [0.29, 0.717) is 11.3 Å². The third-order valence-electron chi connectivity index (χ3n) is 3.53. The highest BCUT2D eigenvalue weighted by Crippen LogP contribution is 2.28. The molecule has 0 saturated heterocycles. The van der Waals surface area contributed by atoms with Gasteiger partial charge in [-0.3, -0.25) is 0 Å². The molecule has 0 saturated carbocycles. The molecule has 1 aromatic carbocycles. The monoisotopic (exact) mass is 233 g/mol. The van der Waals surface area contributed by atoms with Crippen molar-refractivity contribution in [1.29, 1.82) is 0 Å². The zero-order chi connectivity index (χ0) is 13.1. The van der Waals surface area contributed by atoms with E-state index < -0.39 is 0 Å². The van der Waals surface area contributed by atoms with E-state index in [9.17, 15) is 0 Å². The number of aryl methyl sites for hydroxylation is 1. The first-order valence-electron chi connectivity index (χ1n) is 6.65. The third kappa shape index (κ3) is 4.16. The summed E-state index contributed by atoms with van der Waals surface area (Å²) >= 11 is 0. The fraction of sp³-hybridized carbons (Fsp3) is 0.625. The lowest BCUT2D eigenvalue weighted by atomic mass is 9.81. The van der Waals surface area contributed by atoms with E-state index in [1.807, 2.05) is 0 Å². The molecule has 17 heavy (non-hydrogen) atoms. The Morgan fingerprint density at radius 2 is 1.88 bits per heavy atom. The minimum absolute atomic E-state index is 0.301. The van der Waals surface area contributed by atoms with Crippen LogP contribution in [-0.2, 0) is 6.42 Å². The van der Waals surface area contributed by atoms with Crippen molar-refractivity contribution < 1.29 is 0 Å². The molecule has 0 aliphatic heterocycles. The molecule has 1 aromatic rings. The van der Waals surface area contributed by atoms with Gasteiger partial charge in [0.1, 0.15) is 0 Å². The molecular formula is C16H27N. The average molecular weight is 233 g/mol. The van der Waals surface area contributed by atoms with Crippen LogP contribution in [0.2, 0.25) is 0 Å². The van der Waals surface area contributed by atoms with Crippen molar-refractivity contribution in [2.75, 3.05) is 6.54 Å². The molecule has 0 aliphatic rings. The molecule has 0 atom stereocenters. The maximum absolute atomic E-state index is 5.68.